The molecule has 302 valence electrons. The van der Waals surface area contributed by atoms with Crippen LogP contribution in [-0.2, 0) is 19.1 Å². The van der Waals surface area contributed by atoms with E-state index >= 15 is 0 Å². The normalized spacial score (nSPS) is 20.4. The van der Waals surface area contributed by atoms with Crippen LogP contribution in [0.1, 0.15) is 26.7 Å². The monoisotopic (exact) mass is 814 g/mol. The van der Waals surface area contributed by atoms with Crippen molar-refractivity contribution >= 4 is 11.9 Å². The van der Waals surface area contributed by atoms with E-state index in [9.17, 15) is 115 Å². The van der Waals surface area contributed by atoms with Gasteiger partial charge in [0.15, 0.2) is 13.2 Å². The molecule has 0 aromatic carbocycles. The molecule has 0 amide bonds. The maximum atomic E-state index is 13.9. The van der Waals surface area contributed by atoms with Crippen LogP contribution < -0.4 is 0 Å². The largest absolute Gasteiger partial charge is 0.459 e. The van der Waals surface area contributed by atoms with E-state index < -0.39 is 127 Å². The number of rotatable bonds is 17. The molecule has 28 heteroatoms. The third-order valence-corrected chi connectivity index (χ3v) is 7.86. The number of carbonyl (C=O) groups excluding carboxylic acids is 2. The molecule has 0 heterocycles. The lowest BCUT2D eigenvalue weighted by atomic mass is 9.54. The van der Waals surface area contributed by atoms with Gasteiger partial charge in [0.25, 0.3) is 0 Å². The Balaban J connectivity index is 3.00. The van der Waals surface area contributed by atoms with Crippen molar-refractivity contribution in [3.63, 3.8) is 0 Å². The fraction of sp³-hybridized carbons (Fsp3) is 0.913. The van der Waals surface area contributed by atoms with Gasteiger partial charge in [0.1, 0.15) is 0 Å². The summed E-state index contributed by atoms with van der Waals surface area (Å²) in [5.74, 6) is -82.7. The first-order valence-corrected chi connectivity index (χ1v) is 12.8. The molecule has 1 rings (SSSR count). The van der Waals surface area contributed by atoms with Crippen LogP contribution in [0.3, 0.4) is 0 Å². The van der Waals surface area contributed by atoms with Crippen LogP contribution in [0.25, 0.3) is 0 Å². The van der Waals surface area contributed by atoms with E-state index in [-0.39, 0.29) is 0 Å². The summed E-state index contributed by atoms with van der Waals surface area (Å²) < 4.78 is 325. The summed E-state index contributed by atoms with van der Waals surface area (Å²) in [6.45, 7) is -4.99. The van der Waals surface area contributed by atoms with Gasteiger partial charge in [-0.05, 0) is 17.8 Å². The Morgan fingerprint density at radius 3 is 1.16 bits per heavy atom. The lowest BCUT2D eigenvalue weighted by molar-refractivity contribution is -0.414. The average molecular weight is 814 g/mol. The van der Waals surface area contributed by atoms with Gasteiger partial charge in [0, 0.05) is 6.42 Å². The van der Waals surface area contributed by atoms with Gasteiger partial charge < -0.3 is 9.47 Å². The molecule has 1 aliphatic carbocycles. The minimum absolute atomic E-state index is 0.822. The van der Waals surface area contributed by atoms with Gasteiger partial charge in [-0.2, -0.15) is 87.8 Å². The lowest BCUT2D eigenvalue weighted by Crippen LogP contribution is -2.69. The number of hydrogen-bond donors (Lipinski definition) is 0. The summed E-state index contributed by atoms with van der Waals surface area (Å²) in [6.07, 6.45) is -13.9. The Morgan fingerprint density at radius 1 is 0.549 bits per heavy atom. The molecule has 0 aromatic heterocycles. The molecular weight excluding hydrogens is 796 g/mol. The van der Waals surface area contributed by atoms with Crippen molar-refractivity contribution in [1.29, 1.82) is 0 Å². The Kier molecular flexibility index (Phi) is 12.1. The standard InChI is InChI=1S/C23H18F24O4/c1-13(2)7(4-9(48)50-5-14(28,29)18(36,37)22(44,45)20(40,41)16(32,33)11(24)25)3-8(13)10(49)51-6-15(30,31)19(38,39)23(46,47)21(42,43)17(34,35)12(26)27/h7-8,11-12H,3-6H2,1-2H3. The number of halogens is 24. The zero-order valence-corrected chi connectivity index (χ0v) is 24.3. The van der Waals surface area contributed by atoms with Gasteiger partial charge in [-0.1, -0.05) is 13.8 Å². The fourth-order valence-electron chi connectivity index (χ4n) is 4.18. The van der Waals surface area contributed by atoms with E-state index in [0.29, 0.717) is 0 Å². The van der Waals surface area contributed by atoms with Gasteiger partial charge in [-0.25, -0.2) is 17.6 Å². The Bertz CT molecular complexity index is 1280. The maximum absolute atomic E-state index is 13.9. The molecule has 2 atom stereocenters. The van der Waals surface area contributed by atoms with Gasteiger partial charge >= 0.3 is 84.0 Å². The third kappa shape index (κ3) is 7.04. The summed E-state index contributed by atoms with van der Waals surface area (Å²) in [4.78, 5) is 24.0. The lowest BCUT2D eigenvalue weighted by Gasteiger charge is -2.50. The van der Waals surface area contributed by atoms with Gasteiger partial charge in [0.2, 0.25) is 0 Å². The number of ether oxygens (including phenoxy) is 2. The molecule has 0 aliphatic heterocycles. The van der Waals surface area contributed by atoms with Crippen molar-refractivity contribution in [2.24, 2.45) is 17.3 Å². The highest BCUT2D eigenvalue weighted by molar-refractivity contribution is 5.76. The van der Waals surface area contributed by atoms with Gasteiger partial charge in [-0.3, -0.25) is 9.59 Å². The summed E-state index contributed by atoms with van der Waals surface area (Å²) in [5, 5.41) is 0. The summed E-state index contributed by atoms with van der Waals surface area (Å²) >= 11 is 0. The minimum Gasteiger partial charge on any atom is -0.459 e. The van der Waals surface area contributed by atoms with Crippen LogP contribution in [-0.4, -0.2) is 97.2 Å². The molecular formula is C23H18F24O4. The number of hydrogen-bond acceptors (Lipinski definition) is 4. The van der Waals surface area contributed by atoms with Crippen LogP contribution in [0.5, 0.6) is 0 Å². The van der Waals surface area contributed by atoms with E-state index in [2.05, 4.69) is 9.47 Å². The van der Waals surface area contributed by atoms with Crippen LogP contribution in [0.4, 0.5) is 105 Å². The van der Waals surface area contributed by atoms with Crippen LogP contribution in [0, 0.1) is 17.3 Å². The van der Waals surface area contributed by atoms with Gasteiger partial charge in [0.05, 0.1) is 5.92 Å². The van der Waals surface area contributed by atoms with Crippen molar-refractivity contribution < 1.29 is 124 Å². The second-order valence-electron chi connectivity index (χ2n) is 11.5. The fourth-order valence-corrected chi connectivity index (χ4v) is 4.18. The molecule has 51 heavy (non-hydrogen) atoms. The van der Waals surface area contributed by atoms with Crippen LogP contribution >= 0.6 is 0 Å². The summed E-state index contributed by atoms with van der Waals surface area (Å²) in [6, 6.07) is 0. The average Bonchev–Trinajstić information content (AvgIpc) is 2.95. The van der Waals surface area contributed by atoms with Crippen molar-refractivity contribution in [1.82, 2.24) is 0 Å². The van der Waals surface area contributed by atoms with E-state index in [0.717, 1.165) is 13.8 Å². The zero-order valence-electron chi connectivity index (χ0n) is 24.3. The molecule has 4 nitrogen and oxygen atoms in total. The quantitative estimate of drug-likeness (QED) is 0.109. The molecule has 1 fully saturated rings. The van der Waals surface area contributed by atoms with Gasteiger partial charge in [-0.15, -0.1) is 0 Å². The number of alkyl halides is 24. The first-order valence-electron chi connectivity index (χ1n) is 12.8. The van der Waals surface area contributed by atoms with Crippen molar-refractivity contribution in [2.45, 2.75) is 98.8 Å². The highest BCUT2D eigenvalue weighted by atomic mass is 19.4. The molecule has 0 saturated heterocycles. The molecule has 0 bridgehead atoms. The van der Waals surface area contributed by atoms with E-state index in [1.165, 1.54) is 0 Å². The first-order chi connectivity index (χ1) is 22.1. The molecule has 0 aromatic rings. The second-order valence-corrected chi connectivity index (χ2v) is 11.5. The van der Waals surface area contributed by atoms with Crippen molar-refractivity contribution in [3.05, 3.63) is 0 Å². The molecule has 0 radical (unpaired) electrons. The molecule has 0 N–H and O–H groups in total. The molecule has 2 unspecified atom stereocenters. The van der Waals surface area contributed by atoms with Crippen LogP contribution in [0.2, 0.25) is 0 Å². The maximum Gasteiger partial charge on any atom is 0.384 e. The minimum atomic E-state index is -7.95. The Hall–Kier alpha value is -2.74. The van der Waals surface area contributed by atoms with E-state index in [4.69, 9.17) is 0 Å². The third-order valence-electron chi connectivity index (χ3n) is 7.86. The van der Waals surface area contributed by atoms with Crippen molar-refractivity contribution in [2.75, 3.05) is 13.2 Å². The molecule has 1 aliphatic rings. The SMILES string of the molecule is CC1(C)C(CC(=O)OCC(F)(F)C(F)(F)C(F)(F)C(F)(F)C(F)(F)C(F)F)CC1C(=O)OCC(F)(F)C(F)(F)C(F)(F)C(F)(F)C(F)(F)C(F)F. The Morgan fingerprint density at radius 2 is 0.863 bits per heavy atom. The van der Waals surface area contributed by atoms with Crippen LogP contribution in [0.15, 0.2) is 0 Å². The first kappa shape index (κ1) is 46.3. The summed E-state index contributed by atoms with van der Waals surface area (Å²) in [7, 11) is 0. The summed E-state index contributed by atoms with van der Waals surface area (Å²) in [5.41, 5.74) is -1.92. The Labute approximate surface area is 266 Å². The van der Waals surface area contributed by atoms with Crippen molar-refractivity contribution in [3.8, 4) is 0 Å². The van der Waals surface area contributed by atoms with E-state index in [1.807, 2.05) is 0 Å². The predicted molar refractivity (Wildman–Crippen MR) is 113 cm³/mol. The molecule has 0 spiro atoms. The smallest absolute Gasteiger partial charge is 0.384 e. The number of carbonyl (C=O) groups is 2. The predicted octanol–water partition coefficient (Wildman–Crippen LogP) is 9.01. The number of esters is 2. The zero-order chi connectivity index (χ0) is 41.2. The highest BCUT2D eigenvalue weighted by Gasteiger charge is 2.89. The highest BCUT2D eigenvalue weighted by Crippen LogP contribution is 2.60. The van der Waals surface area contributed by atoms with E-state index in [1.54, 1.807) is 0 Å². The second kappa shape index (κ2) is 13.3. The topological polar surface area (TPSA) is 52.6 Å². The molecule has 1 saturated carbocycles.